The normalized spacial score (nSPS) is 12.0. The maximum atomic E-state index is 11.2. The van der Waals surface area contributed by atoms with Crippen molar-refractivity contribution < 1.29 is 14.3 Å². The largest absolute Gasteiger partial charge is 0.481 e. The minimum Gasteiger partial charge on any atom is -0.481 e. The van der Waals surface area contributed by atoms with Crippen molar-refractivity contribution in [2.24, 2.45) is 0 Å². The van der Waals surface area contributed by atoms with Crippen molar-refractivity contribution >= 4 is 5.97 Å². The van der Waals surface area contributed by atoms with E-state index in [-0.39, 0.29) is 5.89 Å². The molecular weight excluding hydrogens is 280 g/mol. The second-order valence-corrected chi connectivity index (χ2v) is 4.90. The number of aliphatic carboxylic acids is 1. The Bertz CT molecular complexity index is 725. The summed E-state index contributed by atoms with van der Waals surface area (Å²) in [6, 6.07) is 13.2. The Kier molecular flexibility index (Phi) is 3.70. The molecule has 5 nitrogen and oxygen atoms in total. The quantitative estimate of drug-likeness (QED) is 0.795. The number of benzene rings is 1. The third-order valence-electron chi connectivity index (χ3n) is 3.36. The zero-order valence-electron chi connectivity index (χ0n) is 11.9. The number of carbonyl (C=O) groups is 1. The molecule has 0 radical (unpaired) electrons. The highest BCUT2D eigenvalue weighted by molar-refractivity contribution is 5.78. The van der Waals surface area contributed by atoms with E-state index in [1.807, 2.05) is 36.4 Å². The lowest BCUT2D eigenvalue weighted by molar-refractivity contribution is -0.138. The zero-order chi connectivity index (χ0) is 15.5. The summed E-state index contributed by atoms with van der Waals surface area (Å²) in [4.78, 5) is 19.7. The highest BCUT2D eigenvalue weighted by Gasteiger charge is 2.24. The Labute approximate surface area is 127 Å². The van der Waals surface area contributed by atoms with Crippen LogP contribution < -0.4 is 0 Å². The lowest BCUT2D eigenvalue weighted by Crippen LogP contribution is -2.07. The standard InChI is InChI=1S/C17H14N2O3/c1-11(17(20)21)16-19-14(12-6-3-2-4-7-12)15(22-16)13-8-5-9-18-10-13/h2-11H,1H3,(H,20,21). The molecule has 110 valence electrons. The van der Waals surface area contributed by atoms with Crippen molar-refractivity contribution in [1.82, 2.24) is 9.97 Å². The maximum Gasteiger partial charge on any atom is 0.315 e. The molecule has 1 aromatic carbocycles. The van der Waals surface area contributed by atoms with Crippen molar-refractivity contribution in [3.63, 3.8) is 0 Å². The highest BCUT2D eigenvalue weighted by atomic mass is 16.4. The van der Waals surface area contributed by atoms with Gasteiger partial charge in [-0.25, -0.2) is 4.98 Å². The molecule has 0 aliphatic carbocycles. The molecule has 0 aliphatic rings. The van der Waals surface area contributed by atoms with E-state index < -0.39 is 11.9 Å². The third-order valence-corrected chi connectivity index (χ3v) is 3.36. The first-order chi connectivity index (χ1) is 10.7. The van der Waals surface area contributed by atoms with E-state index in [0.29, 0.717) is 11.5 Å². The number of carboxylic acid groups (broad SMARTS) is 1. The number of aromatic nitrogens is 2. The molecule has 0 amide bonds. The fourth-order valence-corrected chi connectivity index (χ4v) is 2.11. The lowest BCUT2D eigenvalue weighted by atomic mass is 10.1. The first kappa shape index (κ1) is 14.0. The van der Waals surface area contributed by atoms with Crippen LogP contribution in [0.4, 0.5) is 0 Å². The van der Waals surface area contributed by atoms with E-state index in [1.165, 1.54) is 0 Å². The number of hydrogen-bond acceptors (Lipinski definition) is 4. The molecule has 22 heavy (non-hydrogen) atoms. The van der Waals surface area contributed by atoms with Crippen molar-refractivity contribution in [1.29, 1.82) is 0 Å². The van der Waals surface area contributed by atoms with Crippen LogP contribution in [0.15, 0.2) is 59.3 Å². The SMILES string of the molecule is CC(C(=O)O)c1nc(-c2ccccc2)c(-c2cccnc2)o1. The summed E-state index contributed by atoms with van der Waals surface area (Å²) in [6.07, 6.45) is 3.34. The summed E-state index contributed by atoms with van der Waals surface area (Å²) in [5, 5.41) is 9.16. The molecule has 0 fully saturated rings. The summed E-state index contributed by atoms with van der Waals surface area (Å²) in [6.45, 7) is 1.55. The topological polar surface area (TPSA) is 76.2 Å². The van der Waals surface area contributed by atoms with Crippen LogP contribution in [0.1, 0.15) is 18.7 Å². The molecule has 2 aromatic heterocycles. The molecule has 3 rings (SSSR count). The van der Waals surface area contributed by atoms with Crippen LogP contribution in [-0.4, -0.2) is 21.0 Å². The van der Waals surface area contributed by atoms with Gasteiger partial charge in [0, 0.05) is 23.5 Å². The van der Waals surface area contributed by atoms with Gasteiger partial charge in [-0.15, -0.1) is 0 Å². The van der Waals surface area contributed by atoms with E-state index in [9.17, 15) is 4.79 Å². The monoisotopic (exact) mass is 294 g/mol. The Morgan fingerprint density at radius 3 is 2.50 bits per heavy atom. The average molecular weight is 294 g/mol. The zero-order valence-corrected chi connectivity index (χ0v) is 11.9. The number of rotatable bonds is 4. The average Bonchev–Trinajstić information content (AvgIpc) is 3.01. The van der Waals surface area contributed by atoms with E-state index in [4.69, 9.17) is 9.52 Å². The Balaban J connectivity index is 2.17. The molecule has 0 spiro atoms. The van der Waals surface area contributed by atoms with Gasteiger partial charge in [-0.1, -0.05) is 30.3 Å². The van der Waals surface area contributed by atoms with E-state index in [1.54, 1.807) is 25.4 Å². The molecule has 1 atom stereocenters. The first-order valence-electron chi connectivity index (χ1n) is 6.86. The second-order valence-electron chi connectivity index (χ2n) is 4.90. The third kappa shape index (κ3) is 2.61. The van der Waals surface area contributed by atoms with Gasteiger partial charge in [0.1, 0.15) is 11.6 Å². The van der Waals surface area contributed by atoms with Gasteiger partial charge in [0.05, 0.1) is 0 Å². The van der Waals surface area contributed by atoms with Crippen molar-refractivity contribution in [3.8, 4) is 22.6 Å². The van der Waals surface area contributed by atoms with Crippen LogP contribution in [0, 0.1) is 0 Å². The molecule has 1 unspecified atom stereocenters. The highest BCUT2D eigenvalue weighted by Crippen LogP contribution is 2.34. The van der Waals surface area contributed by atoms with Gasteiger partial charge in [0.15, 0.2) is 5.76 Å². The second kappa shape index (κ2) is 5.81. The fraction of sp³-hybridized carbons (Fsp3) is 0.118. The number of hydrogen-bond donors (Lipinski definition) is 1. The van der Waals surface area contributed by atoms with Gasteiger partial charge in [-0.2, -0.15) is 0 Å². The molecule has 1 N–H and O–H groups in total. The molecule has 0 saturated heterocycles. The maximum absolute atomic E-state index is 11.2. The summed E-state index contributed by atoms with van der Waals surface area (Å²) in [5.74, 6) is -1.07. The van der Waals surface area contributed by atoms with Gasteiger partial charge in [0.25, 0.3) is 0 Å². The molecule has 2 heterocycles. The first-order valence-corrected chi connectivity index (χ1v) is 6.86. The smallest absolute Gasteiger partial charge is 0.315 e. The molecule has 3 aromatic rings. The van der Waals surface area contributed by atoms with E-state index >= 15 is 0 Å². The molecule has 0 bridgehead atoms. The van der Waals surface area contributed by atoms with Crippen LogP contribution in [0.5, 0.6) is 0 Å². The summed E-state index contributed by atoms with van der Waals surface area (Å²) in [5.41, 5.74) is 2.25. The fourth-order valence-electron chi connectivity index (χ4n) is 2.11. The number of nitrogens with zero attached hydrogens (tertiary/aromatic N) is 2. The summed E-state index contributed by atoms with van der Waals surface area (Å²) in [7, 11) is 0. The van der Waals surface area contributed by atoms with Crippen molar-refractivity contribution in [2.45, 2.75) is 12.8 Å². The van der Waals surface area contributed by atoms with Crippen molar-refractivity contribution in [2.75, 3.05) is 0 Å². The molecular formula is C17H14N2O3. The predicted molar refractivity (Wildman–Crippen MR) is 81.2 cm³/mol. The summed E-state index contributed by atoms with van der Waals surface area (Å²) >= 11 is 0. The molecule has 0 saturated carbocycles. The van der Waals surface area contributed by atoms with Gasteiger partial charge >= 0.3 is 5.97 Å². The number of pyridine rings is 1. The minimum absolute atomic E-state index is 0.185. The van der Waals surface area contributed by atoms with Crippen LogP contribution >= 0.6 is 0 Å². The Morgan fingerprint density at radius 1 is 1.14 bits per heavy atom. The van der Waals surface area contributed by atoms with Crippen LogP contribution in [-0.2, 0) is 4.79 Å². The van der Waals surface area contributed by atoms with Gasteiger partial charge < -0.3 is 9.52 Å². The van der Waals surface area contributed by atoms with Crippen molar-refractivity contribution in [3.05, 3.63) is 60.7 Å². The molecule has 0 aliphatic heterocycles. The van der Waals surface area contributed by atoms with Crippen LogP contribution in [0.2, 0.25) is 0 Å². The van der Waals surface area contributed by atoms with Gasteiger partial charge in [-0.3, -0.25) is 9.78 Å². The predicted octanol–water partition coefficient (Wildman–Crippen LogP) is 3.59. The number of carboxylic acids is 1. The van der Waals surface area contributed by atoms with Gasteiger partial charge in [-0.05, 0) is 19.1 Å². The van der Waals surface area contributed by atoms with Crippen LogP contribution in [0.25, 0.3) is 22.6 Å². The lowest BCUT2D eigenvalue weighted by Gasteiger charge is -2.00. The van der Waals surface area contributed by atoms with Gasteiger partial charge in [0.2, 0.25) is 5.89 Å². The minimum atomic E-state index is -0.974. The Morgan fingerprint density at radius 2 is 1.86 bits per heavy atom. The summed E-state index contributed by atoms with van der Waals surface area (Å²) < 4.78 is 5.75. The van der Waals surface area contributed by atoms with Crippen LogP contribution in [0.3, 0.4) is 0 Å². The number of oxazole rings is 1. The Hall–Kier alpha value is -2.95. The molecule has 5 heteroatoms. The van der Waals surface area contributed by atoms with E-state index in [0.717, 1.165) is 11.1 Å². The van der Waals surface area contributed by atoms with E-state index in [2.05, 4.69) is 9.97 Å².